The van der Waals surface area contributed by atoms with Crippen molar-refractivity contribution in [2.75, 3.05) is 13.0 Å². The van der Waals surface area contributed by atoms with Crippen LogP contribution < -0.4 is 0 Å². The summed E-state index contributed by atoms with van der Waals surface area (Å²) in [5, 5.41) is 10.8. The van der Waals surface area contributed by atoms with Crippen molar-refractivity contribution in [2.45, 2.75) is 0 Å². The van der Waals surface area contributed by atoms with Gasteiger partial charge in [0.25, 0.3) is 5.69 Å². The SMILES string of the molecule is COC(=O)c1cc(F)c(C#CCCl)cc1[N+](=O)[O-]. The molecular weight excluding hydrogens is 265 g/mol. The number of nitro groups is 1. The molecule has 0 N–H and O–H groups in total. The average molecular weight is 272 g/mol. The Balaban J connectivity index is 3.43. The molecule has 0 bridgehead atoms. The number of nitrogens with zero attached hydrogens (tertiary/aromatic N) is 1. The maximum Gasteiger partial charge on any atom is 0.344 e. The number of methoxy groups -OCH3 is 1. The Morgan fingerprint density at radius 3 is 2.78 bits per heavy atom. The molecule has 1 rings (SSSR count). The molecule has 0 saturated carbocycles. The number of alkyl halides is 1. The molecule has 0 unspecified atom stereocenters. The molecule has 7 heteroatoms. The monoisotopic (exact) mass is 271 g/mol. The molecule has 0 fully saturated rings. The van der Waals surface area contributed by atoms with E-state index in [1.165, 1.54) is 0 Å². The van der Waals surface area contributed by atoms with Gasteiger partial charge in [0, 0.05) is 6.07 Å². The molecule has 0 aliphatic carbocycles. The Hall–Kier alpha value is -2.13. The maximum absolute atomic E-state index is 13.5. The van der Waals surface area contributed by atoms with Gasteiger partial charge in [-0.3, -0.25) is 10.1 Å². The molecular formula is C11H7ClFNO4. The van der Waals surface area contributed by atoms with Crippen LogP contribution in [0.1, 0.15) is 15.9 Å². The Labute approximate surface area is 107 Å². The molecule has 0 aromatic heterocycles. The first-order chi connectivity index (χ1) is 8.51. The van der Waals surface area contributed by atoms with Crippen molar-refractivity contribution in [3.8, 4) is 11.8 Å². The lowest BCUT2D eigenvalue weighted by Gasteiger charge is -2.02. The van der Waals surface area contributed by atoms with Crippen LogP contribution in [0.2, 0.25) is 0 Å². The fourth-order valence-corrected chi connectivity index (χ4v) is 1.28. The molecule has 94 valence electrons. The van der Waals surface area contributed by atoms with Crippen LogP contribution in [0.4, 0.5) is 10.1 Å². The molecule has 0 aliphatic heterocycles. The fraction of sp³-hybridized carbons (Fsp3) is 0.182. The number of carbonyl (C=O) groups is 1. The van der Waals surface area contributed by atoms with Crippen molar-refractivity contribution >= 4 is 23.3 Å². The summed E-state index contributed by atoms with van der Waals surface area (Å²) in [4.78, 5) is 21.2. The second-order valence-corrected chi connectivity index (χ2v) is 3.30. The van der Waals surface area contributed by atoms with Crippen molar-refractivity contribution in [1.82, 2.24) is 0 Å². The molecule has 1 aromatic carbocycles. The first-order valence-corrected chi connectivity index (χ1v) is 5.15. The summed E-state index contributed by atoms with van der Waals surface area (Å²) in [6.07, 6.45) is 0. The average Bonchev–Trinajstić information content (AvgIpc) is 2.35. The molecule has 0 radical (unpaired) electrons. The lowest BCUT2D eigenvalue weighted by atomic mass is 10.1. The molecule has 0 amide bonds. The lowest BCUT2D eigenvalue weighted by Crippen LogP contribution is -2.07. The highest BCUT2D eigenvalue weighted by Gasteiger charge is 2.23. The highest BCUT2D eigenvalue weighted by Crippen LogP contribution is 2.23. The predicted octanol–water partition coefficient (Wildman–Crippen LogP) is 2.11. The van der Waals surface area contributed by atoms with Crippen LogP contribution in [-0.4, -0.2) is 23.9 Å². The van der Waals surface area contributed by atoms with Crippen LogP contribution in [0.3, 0.4) is 0 Å². The van der Waals surface area contributed by atoms with Gasteiger partial charge in [-0.05, 0) is 6.07 Å². The van der Waals surface area contributed by atoms with E-state index in [9.17, 15) is 19.3 Å². The Kier molecular flexibility index (Phi) is 4.63. The molecule has 1 aromatic rings. The zero-order valence-electron chi connectivity index (χ0n) is 9.20. The third-order valence-corrected chi connectivity index (χ3v) is 2.11. The normalized spacial score (nSPS) is 9.28. The number of benzene rings is 1. The third-order valence-electron chi connectivity index (χ3n) is 1.98. The second kappa shape index (κ2) is 5.98. The zero-order chi connectivity index (χ0) is 13.7. The summed E-state index contributed by atoms with van der Waals surface area (Å²) in [7, 11) is 1.05. The van der Waals surface area contributed by atoms with Gasteiger partial charge in [0.15, 0.2) is 0 Å². The predicted molar refractivity (Wildman–Crippen MR) is 62.0 cm³/mol. The van der Waals surface area contributed by atoms with Crippen LogP contribution in [0.15, 0.2) is 12.1 Å². The first kappa shape index (κ1) is 13.9. The van der Waals surface area contributed by atoms with Gasteiger partial charge in [0.1, 0.15) is 11.4 Å². The summed E-state index contributed by atoms with van der Waals surface area (Å²) in [5.41, 5.74) is -1.23. The standard InChI is InChI=1S/C11H7ClFNO4/c1-18-11(15)8-6-9(13)7(3-2-4-12)5-10(8)14(16)17/h5-6H,4H2,1H3. The minimum Gasteiger partial charge on any atom is -0.465 e. The van der Waals surface area contributed by atoms with Gasteiger partial charge in [-0.15, -0.1) is 11.6 Å². The van der Waals surface area contributed by atoms with Gasteiger partial charge in [0.05, 0.1) is 23.5 Å². The summed E-state index contributed by atoms with van der Waals surface area (Å²) < 4.78 is 17.9. The quantitative estimate of drug-likeness (QED) is 0.272. The summed E-state index contributed by atoms with van der Waals surface area (Å²) in [6, 6.07) is 1.60. The van der Waals surface area contributed by atoms with Crippen molar-refractivity contribution in [1.29, 1.82) is 0 Å². The Morgan fingerprint density at radius 2 is 2.28 bits per heavy atom. The van der Waals surface area contributed by atoms with E-state index in [0.29, 0.717) is 0 Å². The van der Waals surface area contributed by atoms with Crippen molar-refractivity contribution in [3.63, 3.8) is 0 Å². The van der Waals surface area contributed by atoms with E-state index in [0.717, 1.165) is 19.2 Å². The van der Waals surface area contributed by atoms with E-state index < -0.39 is 28.0 Å². The summed E-state index contributed by atoms with van der Waals surface area (Å²) in [5.74, 6) is 2.83. The molecule has 0 atom stereocenters. The van der Waals surface area contributed by atoms with Gasteiger partial charge in [-0.2, -0.15) is 0 Å². The van der Waals surface area contributed by atoms with Crippen LogP contribution in [0.5, 0.6) is 0 Å². The molecule has 0 aliphatic rings. The number of esters is 1. The highest BCUT2D eigenvalue weighted by atomic mass is 35.5. The van der Waals surface area contributed by atoms with Crippen LogP contribution in [0.25, 0.3) is 0 Å². The van der Waals surface area contributed by atoms with Gasteiger partial charge >= 0.3 is 5.97 Å². The van der Waals surface area contributed by atoms with Crippen molar-refractivity contribution in [3.05, 3.63) is 39.2 Å². The van der Waals surface area contributed by atoms with E-state index in [2.05, 4.69) is 16.6 Å². The lowest BCUT2D eigenvalue weighted by molar-refractivity contribution is -0.385. The van der Waals surface area contributed by atoms with Crippen molar-refractivity contribution < 1.29 is 18.8 Å². The van der Waals surface area contributed by atoms with Crippen molar-refractivity contribution in [2.24, 2.45) is 0 Å². The van der Waals surface area contributed by atoms with E-state index in [-0.39, 0.29) is 11.4 Å². The topological polar surface area (TPSA) is 69.4 Å². The van der Waals surface area contributed by atoms with Crippen LogP contribution in [0, 0.1) is 27.8 Å². The number of hydrogen-bond donors (Lipinski definition) is 0. The number of rotatable bonds is 2. The van der Waals surface area contributed by atoms with Gasteiger partial charge in [-0.1, -0.05) is 11.8 Å². The zero-order valence-corrected chi connectivity index (χ0v) is 9.95. The van der Waals surface area contributed by atoms with Crippen LogP contribution in [-0.2, 0) is 4.74 Å². The summed E-state index contributed by atoms with van der Waals surface area (Å²) >= 11 is 5.31. The van der Waals surface area contributed by atoms with Gasteiger partial charge in [-0.25, -0.2) is 9.18 Å². The minimum absolute atomic E-state index is 0.0357. The molecule has 18 heavy (non-hydrogen) atoms. The van der Waals surface area contributed by atoms with E-state index in [1.54, 1.807) is 0 Å². The molecule has 5 nitrogen and oxygen atoms in total. The third kappa shape index (κ3) is 2.96. The minimum atomic E-state index is -0.988. The number of ether oxygens (including phenoxy) is 1. The molecule has 0 spiro atoms. The second-order valence-electron chi connectivity index (χ2n) is 3.03. The Morgan fingerprint density at radius 1 is 1.61 bits per heavy atom. The number of carbonyl (C=O) groups excluding carboxylic acids is 1. The molecule has 0 saturated heterocycles. The largest absolute Gasteiger partial charge is 0.465 e. The van der Waals surface area contributed by atoms with Crippen LogP contribution >= 0.6 is 11.6 Å². The first-order valence-electron chi connectivity index (χ1n) is 4.62. The fourth-order valence-electron chi connectivity index (χ4n) is 1.21. The van der Waals surface area contributed by atoms with E-state index in [4.69, 9.17) is 11.6 Å². The Bertz CT molecular complexity index is 562. The highest BCUT2D eigenvalue weighted by molar-refractivity contribution is 6.19. The van der Waals surface area contributed by atoms with E-state index >= 15 is 0 Å². The maximum atomic E-state index is 13.5. The smallest absolute Gasteiger partial charge is 0.344 e. The summed E-state index contributed by atoms with van der Waals surface area (Å²) in [6.45, 7) is 0. The van der Waals surface area contributed by atoms with Gasteiger partial charge < -0.3 is 4.74 Å². The number of halogens is 2. The number of hydrogen-bond acceptors (Lipinski definition) is 4. The van der Waals surface area contributed by atoms with Gasteiger partial charge in [0.2, 0.25) is 0 Å². The van der Waals surface area contributed by atoms with E-state index in [1.807, 2.05) is 0 Å². The number of nitro benzene ring substituents is 1. The molecule has 0 heterocycles.